The molecular formula is C24H25ClN4O2. The average Bonchev–Trinajstić information content (AvgIpc) is 2.83. The fourth-order valence-electron chi connectivity index (χ4n) is 3.54. The summed E-state index contributed by atoms with van der Waals surface area (Å²) in [6, 6.07) is 19.5. The topological polar surface area (TPSA) is 58.6 Å². The highest BCUT2D eigenvalue weighted by Crippen LogP contribution is 2.21. The lowest BCUT2D eigenvalue weighted by Gasteiger charge is -2.35. The molecule has 1 fully saturated rings. The molecule has 7 heteroatoms. The van der Waals surface area contributed by atoms with Gasteiger partial charge in [-0.15, -0.1) is 10.2 Å². The lowest BCUT2D eigenvalue weighted by Crippen LogP contribution is -2.50. The van der Waals surface area contributed by atoms with Gasteiger partial charge in [-0.05, 0) is 42.3 Å². The van der Waals surface area contributed by atoms with E-state index in [9.17, 15) is 4.79 Å². The zero-order valence-corrected chi connectivity index (χ0v) is 18.3. The SMILES string of the molecule is CCc1ccc(-c2ccc(N3CCN(C(=O)COc4cccc(Cl)c4)CC3)nn2)cc1. The van der Waals surface area contributed by atoms with Gasteiger partial charge < -0.3 is 14.5 Å². The van der Waals surface area contributed by atoms with E-state index in [-0.39, 0.29) is 12.5 Å². The minimum Gasteiger partial charge on any atom is -0.484 e. The molecule has 0 bridgehead atoms. The van der Waals surface area contributed by atoms with Crippen molar-refractivity contribution in [2.75, 3.05) is 37.7 Å². The molecule has 1 amide bonds. The molecule has 0 N–H and O–H groups in total. The van der Waals surface area contributed by atoms with Crippen LogP contribution in [0.2, 0.25) is 5.02 Å². The Balaban J connectivity index is 1.29. The molecule has 0 spiro atoms. The molecule has 4 rings (SSSR count). The zero-order valence-electron chi connectivity index (χ0n) is 17.5. The number of carbonyl (C=O) groups excluding carboxylic acids is 1. The molecular weight excluding hydrogens is 412 g/mol. The van der Waals surface area contributed by atoms with Crippen LogP contribution in [0.15, 0.2) is 60.7 Å². The van der Waals surface area contributed by atoms with Gasteiger partial charge in [-0.3, -0.25) is 4.79 Å². The van der Waals surface area contributed by atoms with E-state index in [0.717, 1.165) is 23.5 Å². The maximum absolute atomic E-state index is 12.5. The highest BCUT2D eigenvalue weighted by atomic mass is 35.5. The molecule has 6 nitrogen and oxygen atoms in total. The summed E-state index contributed by atoms with van der Waals surface area (Å²) in [5.41, 5.74) is 3.23. The van der Waals surface area contributed by atoms with E-state index in [2.05, 4.69) is 46.3 Å². The van der Waals surface area contributed by atoms with Crippen molar-refractivity contribution in [3.05, 3.63) is 71.2 Å². The monoisotopic (exact) mass is 436 g/mol. The van der Waals surface area contributed by atoms with Gasteiger partial charge >= 0.3 is 0 Å². The number of benzene rings is 2. The number of aryl methyl sites for hydroxylation is 1. The minimum absolute atomic E-state index is 0.00562. The number of carbonyl (C=O) groups is 1. The van der Waals surface area contributed by atoms with E-state index in [1.54, 1.807) is 24.3 Å². The second kappa shape index (κ2) is 9.79. The summed E-state index contributed by atoms with van der Waals surface area (Å²) in [5, 5.41) is 9.40. The maximum atomic E-state index is 12.5. The highest BCUT2D eigenvalue weighted by molar-refractivity contribution is 6.30. The van der Waals surface area contributed by atoms with Crippen molar-refractivity contribution in [2.45, 2.75) is 13.3 Å². The van der Waals surface area contributed by atoms with Crippen LogP contribution in [0.4, 0.5) is 5.82 Å². The van der Waals surface area contributed by atoms with Crippen LogP contribution in [-0.2, 0) is 11.2 Å². The van der Waals surface area contributed by atoms with Gasteiger partial charge in [0.2, 0.25) is 0 Å². The molecule has 1 saturated heterocycles. The van der Waals surface area contributed by atoms with Crippen LogP contribution in [-0.4, -0.2) is 53.8 Å². The van der Waals surface area contributed by atoms with Crippen molar-refractivity contribution in [2.24, 2.45) is 0 Å². The number of halogens is 1. The maximum Gasteiger partial charge on any atom is 0.260 e. The summed E-state index contributed by atoms with van der Waals surface area (Å²) in [7, 11) is 0. The van der Waals surface area contributed by atoms with Gasteiger partial charge in [-0.25, -0.2) is 0 Å². The lowest BCUT2D eigenvalue weighted by atomic mass is 10.1. The van der Waals surface area contributed by atoms with Gasteiger partial charge in [0.05, 0.1) is 5.69 Å². The number of hydrogen-bond donors (Lipinski definition) is 0. The standard InChI is InChI=1S/C24H25ClN4O2/c1-2-18-6-8-19(9-7-18)22-10-11-23(27-26-22)28-12-14-29(15-13-28)24(30)17-31-21-5-3-4-20(25)16-21/h3-11,16H,2,12-15,17H2,1H3. The van der Waals surface area contributed by atoms with Crippen LogP contribution in [0.3, 0.4) is 0 Å². The first-order valence-electron chi connectivity index (χ1n) is 10.5. The predicted molar refractivity (Wildman–Crippen MR) is 123 cm³/mol. The van der Waals surface area contributed by atoms with Crippen LogP contribution in [0.5, 0.6) is 5.75 Å². The number of anilines is 1. The van der Waals surface area contributed by atoms with Crippen molar-refractivity contribution >= 4 is 23.3 Å². The van der Waals surface area contributed by atoms with E-state index >= 15 is 0 Å². The van der Waals surface area contributed by atoms with Gasteiger partial charge in [-0.2, -0.15) is 0 Å². The first-order valence-corrected chi connectivity index (χ1v) is 10.8. The van der Waals surface area contributed by atoms with Gasteiger partial charge in [-0.1, -0.05) is 48.9 Å². The van der Waals surface area contributed by atoms with Crippen LogP contribution in [0.1, 0.15) is 12.5 Å². The molecule has 2 heterocycles. The third kappa shape index (κ3) is 5.33. The van der Waals surface area contributed by atoms with Crippen LogP contribution >= 0.6 is 11.6 Å². The summed E-state index contributed by atoms with van der Waals surface area (Å²) in [6.07, 6.45) is 1.02. The summed E-state index contributed by atoms with van der Waals surface area (Å²) in [6.45, 7) is 4.82. The molecule has 0 atom stereocenters. The van der Waals surface area contributed by atoms with Crippen molar-refractivity contribution in [3.63, 3.8) is 0 Å². The van der Waals surface area contributed by atoms with Crippen LogP contribution in [0, 0.1) is 0 Å². The molecule has 31 heavy (non-hydrogen) atoms. The minimum atomic E-state index is -0.0309. The Bertz CT molecular complexity index is 1020. The zero-order chi connectivity index (χ0) is 21.6. The van der Waals surface area contributed by atoms with E-state index in [1.165, 1.54) is 5.56 Å². The largest absolute Gasteiger partial charge is 0.484 e. The molecule has 160 valence electrons. The predicted octanol–water partition coefficient (Wildman–Crippen LogP) is 4.09. The summed E-state index contributed by atoms with van der Waals surface area (Å²) < 4.78 is 5.57. The van der Waals surface area contributed by atoms with Crippen molar-refractivity contribution < 1.29 is 9.53 Å². The number of nitrogens with zero attached hydrogens (tertiary/aromatic N) is 4. The van der Waals surface area contributed by atoms with E-state index in [0.29, 0.717) is 37.0 Å². The van der Waals surface area contributed by atoms with Crippen molar-refractivity contribution in [1.29, 1.82) is 0 Å². The van der Waals surface area contributed by atoms with E-state index in [1.807, 2.05) is 17.0 Å². The molecule has 1 aliphatic rings. The Morgan fingerprint density at radius 1 is 1.00 bits per heavy atom. The Morgan fingerprint density at radius 3 is 2.42 bits per heavy atom. The molecule has 0 unspecified atom stereocenters. The van der Waals surface area contributed by atoms with Gasteiger partial charge in [0.15, 0.2) is 12.4 Å². The van der Waals surface area contributed by atoms with E-state index < -0.39 is 0 Å². The van der Waals surface area contributed by atoms with Crippen molar-refractivity contribution in [1.82, 2.24) is 15.1 Å². The Hall–Kier alpha value is -3.12. The molecule has 1 aromatic heterocycles. The second-order valence-corrected chi connectivity index (χ2v) is 7.88. The normalized spacial score (nSPS) is 13.9. The number of hydrogen-bond acceptors (Lipinski definition) is 5. The molecule has 0 radical (unpaired) electrons. The lowest BCUT2D eigenvalue weighted by molar-refractivity contribution is -0.133. The molecule has 1 aliphatic heterocycles. The van der Waals surface area contributed by atoms with Crippen molar-refractivity contribution in [3.8, 4) is 17.0 Å². The van der Waals surface area contributed by atoms with Gasteiger partial charge in [0.25, 0.3) is 5.91 Å². The average molecular weight is 437 g/mol. The second-order valence-electron chi connectivity index (χ2n) is 7.44. The van der Waals surface area contributed by atoms with Crippen LogP contribution < -0.4 is 9.64 Å². The Kier molecular flexibility index (Phi) is 6.67. The van der Waals surface area contributed by atoms with E-state index in [4.69, 9.17) is 16.3 Å². The molecule has 0 aliphatic carbocycles. The Morgan fingerprint density at radius 2 is 1.77 bits per heavy atom. The number of amides is 1. The summed E-state index contributed by atoms with van der Waals surface area (Å²) >= 11 is 5.95. The molecule has 0 saturated carbocycles. The Labute approximate surface area is 187 Å². The van der Waals surface area contributed by atoms with Gasteiger partial charge in [0, 0.05) is 36.8 Å². The highest BCUT2D eigenvalue weighted by Gasteiger charge is 2.22. The third-order valence-electron chi connectivity index (χ3n) is 5.42. The number of aromatic nitrogens is 2. The summed E-state index contributed by atoms with van der Waals surface area (Å²) in [5.74, 6) is 1.40. The van der Waals surface area contributed by atoms with Crippen LogP contribution in [0.25, 0.3) is 11.3 Å². The van der Waals surface area contributed by atoms with Gasteiger partial charge in [0.1, 0.15) is 5.75 Å². The quantitative estimate of drug-likeness (QED) is 0.582. The molecule has 2 aromatic carbocycles. The fourth-order valence-corrected chi connectivity index (χ4v) is 3.72. The third-order valence-corrected chi connectivity index (χ3v) is 5.66. The first kappa shape index (κ1) is 21.1. The summed E-state index contributed by atoms with van der Waals surface area (Å²) in [4.78, 5) is 16.4. The first-order chi connectivity index (χ1) is 15.1. The number of ether oxygens (including phenoxy) is 1. The fraction of sp³-hybridized carbons (Fsp3) is 0.292. The number of piperazine rings is 1. The molecule has 3 aromatic rings. The number of rotatable bonds is 6. The smallest absolute Gasteiger partial charge is 0.260 e.